The molecule has 0 unspecified atom stereocenters. The number of hydrogen-bond acceptors (Lipinski definition) is 4. The molecule has 0 aliphatic heterocycles. The highest BCUT2D eigenvalue weighted by molar-refractivity contribution is 5.79. The summed E-state index contributed by atoms with van der Waals surface area (Å²) in [4.78, 5) is 6.92. The molecule has 0 aliphatic carbocycles. The molecular weight excluding hydrogens is 376 g/mol. The SMILES string of the molecule is CCOCCCNC(=NCc1ccc(OC)cc1)NCc1ccc(CN(C)C)cc1. The van der Waals surface area contributed by atoms with E-state index in [9.17, 15) is 0 Å². The maximum Gasteiger partial charge on any atom is 0.191 e. The van der Waals surface area contributed by atoms with Gasteiger partial charge in [0.25, 0.3) is 0 Å². The van der Waals surface area contributed by atoms with Crippen molar-refractivity contribution in [2.45, 2.75) is 33.0 Å². The van der Waals surface area contributed by atoms with Crippen LogP contribution in [-0.2, 0) is 24.4 Å². The normalized spacial score (nSPS) is 11.6. The van der Waals surface area contributed by atoms with Crippen molar-refractivity contribution in [1.29, 1.82) is 0 Å². The first-order valence-electron chi connectivity index (χ1n) is 10.6. The number of hydrogen-bond donors (Lipinski definition) is 2. The van der Waals surface area contributed by atoms with Crippen LogP contribution in [0.5, 0.6) is 5.75 Å². The highest BCUT2D eigenvalue weighted by Crippen LogP contribution is 2.12. The van der Waals surface area contributed by atoms with Crippen LogP contribution >= 0.6 is 0 Å². The van der Waals surface area contributed by atoms with Crippen LogP contribution in [0.15, 0.2) is 53.5 Å². The van der Waals surface area contributed by atoms with Crippen LogP contribution in [0.4, 0.5) is 0 Å². The van der Waals surface area contributed by atoms with Crippen LogP contribution in [-0.4, -0.2) is 51.8 Å². The molecule has 0 saturated carbocycles. The second-order valence-electron chi connectivity index (χ2n) is 7.40. The Bertz CT molecular complexity index is 743. The summed E-state index contributed by atoms with van der Waals surface area (Å²) in [6.45, 7) is 6.61. The Morgan fingerprint density at radius 1 is 0.933 bits per heavy atom. The van der Waals surface area contributed by atoms with Crippen molar-refractivity contribution < 1.29 is 9.47 Å². The van der Waals surface area contributed by atoms with Gasteiger partial charge in [0, 0.05) is 32.8 Å². The summed E-state index contributed by atoms with van der Waals surface area (Å²) in [7, 11) is 5.84. The van der Waals surface area contributed by atoms with E-state index < -0.39 is 0 Å². The number of aliphatic imine (C=N–C) groups is 1. The molecule has 164 valence electrons. The fourth-order valence-electron chi connectivity index (χ4n) is 2.91. The summed E-state index contributed by atoms with van der Waals surface area (Å²) >= 11 is 0. The van der Waals surface area contributed by atoms with Gasteiger partial charge < -0.3 is 25.0 Å². The van der Waals surface area contributed by atoms with E-state index in [0.29, 0.717) is 6.54 Å². The summed E-state index contributed by atoms with van der Waals surface area (Å²) in [6, 6.07) is 16.7. The summed E-state index contributed by atoms with van der Waals surface area (Å²) in [5, 5.41) is 6.85. The minimum Gasteiger partial charge on any atom is -0.497 e. The molecule has 0 saturated heterocycles. The first-order valence-corrected chi connectivity index (χ1v) is 10.6. The maximum absolute atomic E-state index is 5.42. The molecule has 2 aromatic rings. The lowest BCUT2D eigenvalue weighted by Gasteiger charge is -2.14. The Hall–Kier alpha value is -2.57. The highest BCUT2D eigenvalue weighted by Gasteiger charge is 2.02. The smallest absolute Gasteiger partial charge is 0.191 e. The standard InChI is InChI=1S/C24H36N4O2/c1-5-30-16-6-15-25-24(27-18-21-11-13-23(29-4)14-12-21)26-17-20-7-9-22(10-8-20)19-28(2)3/h7-14H,5-6,15-19H2,1-4H3,(H2,25,26,27). The molecule has 0 atom stereocenters. The molecular formula is C24H36N4O2. The van der Waals surface area contributed by atoms with Crippen molar-refractivity contribution in [1.82, 2.24) is 15.5 Å². The largest absolute Gasteiger partial charge is 0.497 e. The minimum absolute atomic E-state index is 0.604. The summed E-state index contributed by atoms with van der Waals surface area (Å²) in [5.41, 5.74) is 3.68. The molecule has 2 N–H and O–H groups in total. The topological polar surface area (TPSA) is 58.1 Å². The Morgan fingerprint density at radius 2 is 1.60 bits per heavy atom. The third kappa shape index (κ3) is 9.29. The second kappa shape index (κ2) is 13.6. The van der Waals surface area contributed by atoms with Gasteiger partial charge in [0.2, 0.25) is 0 Å². The van der Waals surface area contributed by atoms with Gasteiger partial charge in [-0.25, -0.2) is 4.99 Å². The first-order chi connectivity index (χ1) is 14.6. The molecule has 0 bridgehead atoms. The van der Waals surface area contributed by atoms with Crippen LogP contribution in [0, 0.1) is 0 Å². The molecule has 6 nitrogen and oxygen atoms in total. The van der Waals surface area contributed by atoms with E-state index >= 15 is 0 Å². The molecule has 0 aliphatic rings. The van der Waals surface area contributed by atoms with E-state index in [1.165, 1.54) is 11.1 Å². The van der Waals surface area contributed by atoms with E-state index in [0.717, 1.165) is 56.5 Å². The van der Waals surface area contributed by atoms with Gasteiger partial charge in [0.15, 0.2) is 5.96 Å². The number of nitrogens with zero attached hydrogens (tertiary/aromatic N) is 2. The van der Waals surface area contributed by atoms with E-state index in [1.807, 2.05) is 31.2 Å². The number of methoxy groups -OCH3 is 1. The molecule has 2 aromatic carbocycles. The summed E-state index contributed by atoms with van der Waals surface area (Å²) in [6.07, 6.45) is 0.941. The first kappa shape index (κ1) is 23.7. The Labute approximate surface area is 181 Å². The number of ether oxygens (including phenoxy) is 2. The fraction of sp³-hybridized carbons (Fsp3) is 0.458. The molecule has 30 heavy (non-hydrogen) atoms. The zero-order chi connectivity index (χ0) is 21.6. The molecule has 0 heterocycles. The molecule has 0 amide bonds. The van der Waals surface area contributed by atoms with Crippen LogP contribution in [0.2, 0.25) is 0 Å². The molecule has 2 rings (SSSR count). The Morgan fingerprint density at radius 3 is 2.23 bits per heavy atom. The lowest BCUT2D eigenvalue weighted by molar-refractivity contribution is 0.145. The predicted octanol–water partition coefficient (Wildman–Crippen LogP) is 3.42. The van der Waals surface area contributed by atoms with Crippen LogP contribution in [0.1, 0.15) is 30.0 Å². The fourth-order valence-corrected chi connectivity index (χ4v) is 2.91. The number of rotatable bonds is 12. The molecule has 0 fully saturated rings. The molecule has 0 radical (unpaired) electrons. The highest BCUT2D eigenvalue weighted by atomic mass is 16.5. The quantitative estimate of drug-likeness (QED) is 0.318. The third-order valence-corrected chi connectivity index (χ3v) is 4.52. The second-order valence-corrected chi connectivity index (χ2v) is 7.40. The monoisotopic (exact) mass is 412 g/mol. The van der Waals surface area contributed by atoms with Crippen LogP contribution < -0.4 is 15.4 Å². The maximum atomic E-state index is 5.42. The van der Waals surface area contributed by atoms with E-state index in [2.05, 4.69) is 53.9 Å². The van der Waals surface area contributed by atoms with Crippen molar-refractivity contribution in [2.24, 2.45) is 4.99 Å². The number of guanidine groups is 1. The number of nitrogens with one attached hydrogen (secondary N) is 2. The van der Waals surface area contributed by atoms with Gasteiger partial charge in [0.05, 0.1) is 13.7 Å². The van der Waals surface area contributed by atoms with Gasteiger partial charge in [-0.1, -0.05) is 36.4 Å². The molecule has 0 aromatic heterocycles. The lowest BCUT2D eigenvalue weighted by Crippen LogP contribution is -2.37. The van der Waals surface area contributed by atoms with Gasteiger partial charge in [0.1, 0.15) is 5.75 Å². The van der Waals surface area contributed by atoms with Crippen molar-refractivity contribution in [3.05, 3.63) is 65.2 Å². The average molecular weight is 413 g/mol. The van der Waals surface area contributed by atoms with Gasteiger partial charge in [-0.15, -0.1) is 0 Å². The number of benzene rings is 2. The van der Waals surface area contributed by atoms with Crippen LogP contribution in [0.3, 0.4) is 0 Å². The van der Waals surface area contributed by atoms with Crippen molar-refractivity contribution in [2.75, 3.05) is 41.0 Å². The van der Waals surface area contributed by atoms with E-state index in [1.54, 1.807) is 7.11 Å². The van der Waals surface area contributed by atoms with Crippen molar-refractivity contribution in [3.63, 3.8) is 0 Å². The molecule has 6 heteroatoms. The summed E-state index contributed by atoms with van der Waals surface area (Å²) in [5.74, 6) is 1.66. The third-order valence-electron chi connectivity index (χ3n) is 4.52. The van der Waals surface area contributed by atoms with Gasteiger partial charge in [-0.2, -0.15) is 0 Å². The van der Waals surface area contributed by atoms with Crippen molar-refractivity contribution >= 4 is 5.96 Å². The van der Waals surface area contributed by atoms with Crippen LogP contribution in [0.25, 0.3) is 0 Å². The van der Waals surface area contributed by atoms with E-state index in [4.69, 9.17) is 14.5 Å². The van der Waals surface area contributed by atoms with Crippen molar-refractivity contribution in [3.8, 4) is 5.75 Å². The Balaban J connectivity index is 1.93. The van der Waals surface area contributed by atoms with Gasteiger partial charge >= 0.3 is 0 Å². The average Bonchev–Trinajstić information content (AvgIpc) is 2.76. The predicted molar refractivity (Wildman–Crippen MR) is 124 cm³/mol. The Kier molecular flexibility index (Phi) is 10.8. The molecule has 0 spiro atoms. The lowest BCUT2D eigenvalue weighted by atomic mass is 10.1. The van der Waals surface area contributed by atoms with Gasteiger partial charge in [-0.05, 0) is 56.3 Å². The zero-order valence-electron chi connectivity index (χ0n) is 18.8. The zero-order valence-corrected chi connectivity index (χ0v) is 18.8. The van der Waals surface area contributed by atoms with E-state index in [-0.39, 0.29) is 0 Å². The minimum atomic E-state index is 0.604. The summed E-state index contributed by atoms with van der Waals surface area (Å²) < 4.78 is 10.6. The van der Waals surface area contributed by atoms with Gasteiger partial charge in [-0.3, -0.25) is 0 Å².